The molecule has 2 atom stereocenters. The van der Waals surface area contributed by atoms with Crippen molar-refractivity contribution in [2.45, 2.75) is 35.6 Å². The number of piperazine rings is 1. The van der Waals surface area contributed by atoms with Crippen molar-refractivity contribution in [2.24, 2.45) is 5.73 Å². The second-order valence-corrected chi connectivity index (χ2v) is 13.4. The maximum absolute atomic E-state index is 14.9. The Labute approximate surface area is 264 Å². The molecular formula is C32H31Cl2N5O3S. The van der Waals surface area contributed by atoms with Gasteiger partial charge in [-0.25, -0.2) is 4.79 Å². The monoisotopic (exact) mass is 635 g/mol. The van der Waals surface area contributed by atoms with E-state index in [9.17, 15) is 14.4 Å². The van der Waals surface area contributed by atoms with Crippen LogP contribution in [-0.2, 0) is 16.1 Å². The van der Waals surface area contributed by atoms with E-state index < -0.39 is 16.8 Å². The number of aromatic nitrogens is 1. The van der Waals surface area contributed by atoms with E-state index >= 15 is 0 Å². The predicted molar refractivity (Wildman–Crippen MR) is 170 cm³/mol. The van der Waals surface area contributed by atoms with Crippen LogP contribution in [0.5, 0.6) is 0 Å². The number of aromatic amines is 1. The lowest BCUT2D eigenvalue weighted by Crippen LogP contribution is -2.57. The molecule has 3 heterocycles. The molecule has 2 unspecified atom stereocenters. The second kappa shape index (κ2) is 11.8. The summed E-state index contributed by atoms with van der Waals surface area (Å²) in [5.74, 6) is -0.255. The van der Waals surface area contributed by atoms with Crippen LogP contribution in [0.3, 0.4) is 0 Å². The molecule has 0 radical (unpaired) electrons. The maximum atomic E-state index is 14.9. The lowest BCUT2D eigenvalue weighted by molar-refractivity contribution is -0.136. The van der Waals surface area contributed by atoms with Gasteiger partial charge in [-0.2, -0.15) is 0 Å². The van der Waals surface area contributed by atoms with Crippen LogP contribution in [0.15, 0.2) is 77.8 Å². The van der Waals surface area contributed by atoms with Crippen molar-refractivity contribution in [1.82, 2.24) is 19.7 Å². The molecule has 4 aromatic rings. The molecule has 11 heteroatoms. The van der Waals surface area contributed by atoms with Crippen molar-refractivity contribution in [2.75, 3.05) is 26.2 Å². The number of urea groups is 1. The van der Waals surface area contributed by atoms with Gasteiger partial charge in [0.05, 0.1) is 12.5 Å². The number of likely N-dealkylation sites (tertiary alicyclic amines) is 1. The summed E-state index contributed by atoms with van der Waals surface area (Å²) < 4.78 is -1.19. The number of carbonyl (C=O) groups is 3. The Balaban J connectivity index is 1.50. The summed E-state index contributed by atoms with van der Waals surface area (Å²) in [5.41, 5.74) is 9.20. The van der Waals surface area contributed by atoms with Crippen LogP contribution in [0.25, 0.3) is 10.9 Å². The van der Waals surface area contributed by atoms with Gasteiger partial charge in [0.25, 0.3) is 0 Å². The summed E-state index contributed by atoms with van der Waals surface area (Å²) in [7, 11) is 0. The first-order valence-electron chi connectivity index (χ1n) is 14.0. The molecule has 2 fully saturated rings. The normalized spacial score (nSPS) is 20.7. The largest absolute Gasteiger partial charge is 0.361 e. The van der Waals surface area contributed by atoms with E-state index in [2.05, 4.69) is 4.98 Å². The third-order valence-electron chi connectivity index (χ3n) is 8.29. The van der Waals surface area contributed by atoms with Crippen molar-refractivity contribution < 1.29 is 14.4 Å². The number of primary amides is 1. The Morgan fingerprint density at radius 1 is 0.953 bits per heavy atom. The van der Waals surface area contributed by atoms with Gasteiger partial charge in [0.2, 0.25) is 11.8 Å². The number of thioether (sulfide) groups is 1. The molecule has 4 amide bonds. The minimum atomic E-state index is -1.19. The highest BCUT2D eigenvalue weighted by atomic mass is 35.5. The number of nitrogens with zero attached hydrogens (tertiary/aromatic N) is 3. The molecule has 3 N–H and O–H groups in total. The summed E-state index contributed by atoms with van der Waals surface area (Å²) in [6, 6.07) is 19.9. The van der Waals surface area contributed by atoms with E-state index in [0.29, 0.717) is 42.8 Å². The van der Waals surface area contributed by atoms with Gasteiger partial charge in [-0.1, -0.05) is 59.1 Å². The van der Waals surface area contributed by atoms with Gasteiger partial charge in [-0.15, -0.1) is 11.8 Å². The van der Waals surface area contributed by atoms with Crippen LogP contribution < -0.4 is 5.73 Å². The highest BCUT2D eigenvalue weighted by Crippen LogP contribution is 2.55. The first-order valence-corrected chi connectivity index (χ1v) is 15.6. The topological polar surface area (TPSA) is 103 Å². The third-order valence-corrected chi connectivity index (χ3v) is 10.2. The van der Waals surface area contributed by atoms with Gasteiger partial charge in [-0.05, 0) is 48.9 Å². The smallest absolute Gasteiger partial charge is 0.314 e. The van der Waals surface area contributed by atoms with Crippen LogP contribution in [0, 0.1) is 6.92 Å². The molecular weight excluding hydrogens is 605 g/mol. The number of benzene rings is 3. The zero-order chi connectivity index (χ0) is 30.3. The van der Waals surface area contributed by atoms with Gasteiger partial charge in [-0.3, -0.25) is 9.59 Å². The number of aryl methyl sites for hydroxylation is 1. The van der Waals surface area contributed by atoms with E-state index in [1.54, 1.807) is 17.0 Å². The molecule has 2 saturated heterocycles. The van der Waals surface area contributed by atoms with Crippen molar-refractivity contribution in [3.05, 3.63) is 99.7 Å². The van der Waals surface area contributed by atoms with Crippen molar-refractivity contribution in [3.8, 4) is 0 Å². The zero-order valence-electron chi connectivity index (χ0n) is 23.6. The number of carbonyl (C=O) groups excluding carboxylic acids is 3. The molecule has 0 saturated carbocycles. The number of fused-ring (bicyclic) bond motifs is 1. The average molecular weight is 637 g/mol. The van der Waals surface area contributed by atoms with Gasteiger partial charge in [0, 0.05) is 70.3 Å². The van der Waals surface area contributed by atoms with E-state index in [1.807, 2.05) is 72.6 Å². The fourth-order valence-corrected chi connectivity index (χ4v) is 7.86. The van der Waals surface area contributed by atoms with Gasteiger partial charge in [0.1, 0.15) is 4.75 Å². The van der Waals surface area contributed by atoms with Crippen molar-refractivity contribution >= 4 is 63.7 Å². The molecule has 0 spiro atoms. The molecule has 2 aliphatic heterocycles. The fourth-order valence-electron chi connectivity index (χ4n) is 6.09. The summed E-state index contributed by atoms with van der Waals surface area (Å²) in [6.45, 7) is 3.66. The Kier molecular flexibility index (Phi) is 8.06. The first kappa shape index (κ1) is 29.4. The SMILES string of the molecule is Cc1ccc(SC2(C(=O)N3CCN(C(N)=O)CC3)CC(=O)N(Cc3ccc(Cl)cc3)C2c2c[nH]c3cc(Cl)ccc23)cc1. The van der Waals surface area contributed by atoms with Crippen LogP contribution in [0.1, 0.15) is 29.2 Å². The molecule has 222 valence electrons. The van der Waals surface area contributed by atoms with E-state index in [4.69, 9.17) is 28.9 Å². The second-order valence-electron chi connectivity index (χ2n) is 11.1. The molecule has 0 aliphatic carbocycles. The highest BCUT2D eigenvalue weighted by molar-refractivity contribution is 8.01. The number of rotatable bonds is 6. The number of hydrogen-bond donors (Lipinski definition) is 2. The van der Waals surface area contributed by atoms with Crippen molar-refractivity contribution in [3.63, 3.8) is 0 Å². The molecule has 6 rings (SSSR count). The molecule has 2 aliphatic rings. The number of nitrogens with two attached hydrogens (primary N) is 1. The number of H-pyrrole nitrogens is 1. The Morgan fingerprint density at radius 3 is 2.28 bits per heavy atom. The number of amides is 4. The van der Waals surface area contributed by atoms with E-state index in [1.165, 1.54) is 16.7 Å². The van der Waals surface area contributed by atoms with E-state index in [0.717, 1.165) is 32.5 Å². The lowest BCUT2D eigenvalue weighted by atomic mass is 9.90. The van der Waals surface area contributed by atoms with Gasteiger partial charge >= 0.3 is 6.03 Å². The van der Waals surface area contributed by atoms with Gasteiger partial charge < -0.3 is 25.4 Å². The Bertz CT molecular complexity index is 1690. The van der Waals surface area contributed by atoms with Crippen LogP contribution in [-0.4, -0.2) is 68.5 Å². The average Bonchev–Trinajstić information content (AvgIpc) is 3.52. The molecule has 3 aromatic carbocycles. The first-order chi connectivity index (χ1) is 20.6. The van der Waals surface area contributed by atoms with E-state index in [-0.39, 0.29) is 18.2 Å². The molecule has 1 aromatic heterocycles. The Morgan fingerprint density at radius 2 is 1.60 bits per heavy atom. The Hall–Kier alpha value is -3.66. The van der Waals surface area contributed by atoms with Crippen LogP contribution in [0.2, 0.25) is 10.0 Å². The van der Waals surface area contributed by atoms with Crippen LogP contribution >= 0.6 is 35.0 Å². The predicted octanol–water partition coefficient (Wildman–Crippen LogP) is 6.01. The highest BCUT2D eigenvalue weighted by Gasteiger charge is 2.59. The van der Waals surface area contributed by atoms with Crippen molar-refractivity contribution in [1.29, 1.82) is 0 Å². The van der Waals surface area contributed by atoms with Crippen LogP contribution in [0.4, 0.5) is 4.79 Å². The quantitative estimate of drug-likeness (QED) is 0.271. The number of nitrogens with one attached hydrogen (secondary N) is 1. The van der Waals surface area contributed by atoms with Gasteiger partial charge in [0.15, 0.2) is 0 Å². The number of halogens is 2. The summed E-state index contributed by atoms with van der Waals surface area (Å²) in [6.07, 6.45) is 1.90. The minimum absolute atomic E-state index is 0.0128. The molecule has 43 heavy (non-hydrogen) atoms. The summed E-state index contributed by atoms with van der Waals surface area (Å²) in [5, 5.41) is 2.09. The number of hydrogen-bond acceptors (Lipinski definition) is 4. The summed E-state index contributed by atoms with van der Waals surface area (Å²) in [4.78, 5) is 50.2. The molecule has 0 bridgehead atoms. The fraction of sp³-hybridized carbons (Fsp3) is 0.281. The zero-order valence-corrected chi connectivity index (χ0v) is 25.9. The molecule has 8 nitrogen and oxygen atoms in total. The third kappa shape index (κ3) is 5.69. The summed E-state index contributed by atoms with van der Waals surface area (Å²) >= 11 is 13.9. The maximum Gasteiger partial charge on any atom is 0.314 e. The standard InChI is InChI=1S/C32H31Cl2N5O3S/c1-20-2-9-24(10-3-20)43-32(30(41)37-12-14-38(15-13-37)31(35)42)17-28(40)39(19-21-4-6-22(33)7-5-21)29(32)26-18-36-27-16-23(34)8-11-25(26)27/h2-11,16,18,29,36H,12-15,17,19H2,1H3,(H2,35,42). The minimum Gasteiger partial charge on any atom is -0.361 e. The lowest BCUT2D eigenvalue weighted by Gasteiger charge is -2.42.